The first-order chi connectivity index (χ1) is 8.16. The van der Waals surface area contributed by atoms with Crippen LogP contribution in [0.15, 0.2) is 0 Å². The lowest BCUT2D eigenvalue weighted by Crippen LogP contribution is -2.42. The van der Waals surface area contributed by atoms with Crippen LogP contribution in [0.1, 0.15) is 46.0 Å². The number of nitrogens with one attached hydrogen (secondary N) is 2. The van der Waals surface area contributed by atoms with Crippen molar-refractivity contribution in [3.63, 3.8) is 0 Å². The molecule has 17 heavy (non-hydrogen) atoms. The third-order valence-electron chi connectivity index (χ3n) is 4.56. The largest absolute Gasteiger partial charge is 0.353 e. The van der Waals surface area contributed by atoms with Crippen molar-refractivity contribution in [3.05, 3.63) is 0 Å². The van der Waals surface area contributed by atoms with E-state index >= 15 is 0 Å². The van der Waals surface area contributed by atoms with Gasteiger partial charge >= 0.3 is 0 Å². The zero-order chi connectivity index (χ0) is 12.3. The highest BCUT2D eigenvalue weighted by atomic mass is 16.1. The molecule has 0 bridgehead atoms. The predicted octanol–water partition coefficient (Wildman–Crippen LogP) is 1.93. The summed E-state index contributed by atoms with van der Waals surface area (Å²) in [5, 5.41) is 6.59. The minimum Gasteiger partial charge on any atom is -0.353 e. The van der Waals surface area contributed by atoms with E-state index in [1.165, 1.54) is 19.3 Å². The lowest BCUT2D eigenvalue weighted by atomic mass is 9.82. The van der Waals surface area contributed by atoms with Gasteiger partial charge in [0.15, 0.2) is 0 Å². The minimum absolute atomic E-state index is 0.281. The Morgan fingerprint density at radius 2 is 1.94 bits per heavy atom. The molecule has 3 heteroatoms. The number of hydrogen-bond acceptors (Lipinski definition) is 2. The molecule has 98 valence electrons. The zero-order valence-electron chi connectivity index (χ0n) is 11.2. The second-order valence-electron chi connectivity index (χ2n) is 6.01. The molecule has 1 saturated heterocycles. The molecule has 0 aromatic heterocycles. The second-order valence-corrected chi connectivity index (χ2v) is 6.01. The first-order valence-electron chi connectivity index (χ1n) is 7.18. The van der Waals surface area contributed by atoms with Crippen molar-refractivity contribution in [2.75, 3.05) is 13.1 Å². The van der Waals surface area contributed by atoms with Crippen LogP contribution in [0, 0.1) is 17.8 Å². The Kier molecular flexibility index (Phi) is 4.43. The number of hydrogen-bond donors (Lipinski definition) is 2. The van der Waals surface area contributed by atoms with E-state index < -0.39 is 0 Å². The number of amides is 1. The van der Waals surface area contributed by atoms with Crippen molar-refractivity contribution in [3.8, 4) is 0 Å². The highest BCUT2D eigenvalue weighted by Crippen LogP contribution is 2.28. The van der Waals surface area contributed by atoms with E-state index in [0.29, 0.717) is 17.9 Å². The molecule has 2 atom stereocenters. The predicted molar refractivity (Wildman–Crippen MR) is 69.7 cm³/mol. The molecular weight excluding hydrogens is 212 g/mol. The maximum absolute atomic E-state index is 12.1. The molecular formula is C14H26N2O. The van der Waals surface area contributed by atoms with Gasteiger partial charge in [-0.15, -0.1) is 0 Å². The fourth-order valence-corrected chi connectivity index (χ4v) is 3.09. The summed E-state index contributed by atoms with van der Waals surface area (Å²) in [6, 6.07) is 0.330. The van der Waals surface area contributed by atoms with Crippen LogP contribution in [0.2, 0.25) is 0 Å². The fraction of sp³-hybridized carbons (Fsp3) is 0.929. The van der Waals surface area contributed by atoms with Gasteiger partial charge in [0.25, 0.3) is 0 Å². The molecule has 1 saturated carbocycles. The number of carbonyl (C=O) groups is 1. The van der Waals surface area contributed by atoms with E-state index in [2.05, 4.69) is 24.5 Å². The third kappa shape index (κ3) is 3.44. The molecule has 3 nitrogen and oxygen atoms in total. The molecule has 0 spiro atoms. The van der Waals surface area contributed by atoms with Crippen LogP contribution in [-0.2, 0) is 4.79 Å². The average Bonchev–Trinajstić information content (AvgIpc) is 2.83. The van der Waals surface area contributed by atoms with Crippen LogP contribution < -0.4 is 10.6 Å². The second kappa shape index (κ2) is 5.85. The third-order valence-corrected chi connectivity index (χ3v) is 4.56. The summed E-state index contributed by atoms with van der Waals surface area (Å²) in [6.07, 6.45) is 5.81. The van der Waals surface area contributed by atoms with Crippen LogP contribution >= 0.6 is 0 Å². The van der Waals surface area contributed by atoms with Gasteiger partial charge in [0.05, 0.1) is 0 Å². The van der Waals surface area contributed by atoms with Crippen molar-refractivity contribution < 1.29 is 4.79 Å². The number of rotatable bonds is 3. The average molecular weight is 238 g/mol. The molecule has 2 N–H and O–H groups in total. The Morgan fingerprint density at radius 3 is 2.53 bits per heavy atom. The summed E-state index contributed by atoms with van der Waals surface area (Å²) >= 11 is 0. The van der Waals surface area contributed by atoms with Crippen LogP contribution in [0.25, 0.3) is 0 Å². The number of carbonyl (C=O) groups excluding carboxylic acids is 1. The SMILES string of the molecule is CC1CCC(C(=O)NC(C)C2CCNC2)CC1. The minimum atomic E-state index is 0.281. The standard InChI is InChI=1S/C14H26N2O/c1-10-3-5-12(6-4-10)14(17)16-11(2)13-7-8-15-9-13/h10-13,15H,3-9H2,1-2H3,(H,16,17). The van der Waals surface area contributed by atoms with Crippen molar-refractivity contribution in [2.45, 2.75) is 52.0 Å². The van der Waals surface area contributed by atoms with Gasteiger partial charge in [-0.25, -0.2) is 0 Å². The van der Waals surface area contributed by atoms with Gasteiger partial charge in [-0.1, -0.05) is 6.92 Å². The van der Waals surface area contributed by atoms with Crippen LogP contribution in [0.5, 0.6) is 0 Å². The maximum Gasteiger partial charge on any atom is 0.223 e. The fourth-order valence-electron chi connectivity index (χ4n) is 3.09. The summed E-state index contributed by atoms with van der Waals surface area (Å²) in [4.78, 5) is 12.1. The van der Waals surface area contributed by atoms with E-state index in [9.17, 15) is 4.79 Å². The van der Waals surface area contributed by atoms with E-state index in [4.69, 9.17) is 0 Å². The van der Waals surface area contributed by atoms with Crippen LogP contribution in [-0.4, -0.2) is 25.0 Å². The van der Waals surface area contributed by atoms with E-state index in [1.54, 1.807) is 0 Å². The van der Waals surface area contributed by atoms with Crippen LogP contribution in [0.4, 0.5) is 0 Å². The van der Waals surface area contributed by atoms with Crippen LogP contribution in [0.3, 0.4) is 0 Å². The van der Waals surface area contributed by atoms with Crippen molar-refractivity contribution in [1.82, 2.24) is 10.6 Å². The molecule has 2 aliphatic rings. The molecule has 2 fully saturated rings. The Hall–Kier alpha value is -0.570. The van der Waals surface area contributed by atoms with Gasteiger partial charge in [0.1, 0.15) is 0 Å². The lowest BCUT2D eigenvalue weighted by Gasteiger charge is -2.28. The summed E-state index contributed by atoms with van der Waals surface area (Å²) < 4.78 is 0. The van der Waals surface area contributed by atoms with E-state index in [0.717, 1.165) is 31.8 Å². The molecule has 0 aromatic carbocycles. The molecule has 1 amide bonds. The molecule has 1 aliphatic carbocycles. The molecule has 1 aliphatic heterocycles. The van der Waals surface area contributed by atoms with Gasteiger partial charge in [-0.2, -0.15) is 0 Å². The highest BCUT2D eigenvalue weighted by Gasteiger charge is 2.28. The highest BCUT2D eigenvalue weighted by molar-refractivity contribution is 5.79. The Balaban J connectivity index is 1.76. The van der Waals surface area contributed by atoms with Crippen molar-refractivity contribution >= 4 is 5.91 Å². The Bertz CT molecular complexity index is 253. The summed E-state index contributed by atoms with van der Waals surface area (Å²) in [6.45, 7) is 6.61. The summed E-state index contributed by atoms with van der Waals surface area (Å²) in [7, 11) is 0. The maximum atomic E-state index is 12.1. The Labute approximate surface area is 105 Å². The van der Waals surface area contributed by atoms with Gasteiger partial charge in [-0.05, 0) is 64.0 Å². The van der Waals surface area contributed by atoms with Gasteiger partial charge < -0.3 is 10.6 Å². The molecule has 2 rings (SSSR count). The molecule has 2 unspecified atom stereocenters. The first kappa shape index (κ1) is 12.9. The molecule has 0 aromatic rings. The molecule has 0 radical (unpaired) electrons. The van der Waals surface area contributed by atoms with E-state index in [-0.39, 0.29) is 5.92 Å². The summed E-state index contributed by atoms with van der Waals surface area (Å²) in [5.41, 5.74) is 0. The quantitative estimate of drug-likeness (QED) is 0.789. The topological polar surface area (TPSA) is 41.1 Å². The normalized spacial score (nSPS) is 35.5. The first-order valence-corrected chi connectivity index (χ1v) is 7.18. The van der Waals surface area contributed by atoms with Gasteiger partial charge in [-0.3, -0.25) is 4.79 Å². The smallest absolute Gasteiger partial charge is 0.223 e. The van der Waals surface area contributed by atoms with Crippen molar-refractivity contribution in [1.29, 1.82) is 0 Å². The summed E-state index contributed by atoms with van der Waals surface area (Å²) in [5.74, 6) is 2.02. The molecule has 1 heterocycles. The van der Waals surface area contributed by atoms with Crippen molar-refractivity contribution in [2.24, 2.45) is 17.8 Å². The van der Waals surface area contributed by atoms with Gasteiger partial charge in [0, 0.05) is 12.0 Å². The van der Waals surface area contributed by atoms with E-state index in [1.807, 2.05) is 0 Å². The Morgan fingerprint density at radius 1 is 1.24 bits per heavy atom. The van der Waals surface area contributed by atoms with Gasteiger partial charge in [0.2, 0.25) is 5.91 Å². The monoisotopic (exact) mass is 238 g/mol. The zero-order valence-corrected chi connectivity index (χ0v) is 11.2. The lowest BCUT2D eigenvalue weighted by molar-refractivity contribution is -0.127.